The largest absolute Gasteiger partial charge is 0.309 e. The van der Waals surface area contributed by atoms with Crippen LogP contribution in [0, 0.1) is 0 Å². The van der Waals surface area contributed by atoms with Gasteiger partial charge in [0.1, 0.15) is 0 Å². The summed E-state index contributed by atoms with van der Waals surface area (Å²) in [6.07, 6.45) is 0. The third-order valence-corrected chi connectivity index (χ3v) is 12.5. The number of para-hydroxylation sites is 4. The van der Waals surface area contributed by atoms with Crippen molar-refractivity contribution in [2.24, 2.45) is 0 Å². The maximum Gasteiger partial charge on any atom is 0.238 e. The lowest BCUT2D eigenvalue weighted by molar-refractivity contribution is 0.745. The van der Waals surface area contributed by atoms with Crippen LogP contribution >= 0.6 is 0 Å². The van der Waals surface area contributed by atoms with E-state index in [-0.39, 0.29) is 0 Å². The van der Waals surface area contributed by atoms with Crippen molar-refractivity contribution in [2.75, 3.05) is 0 Å². The standard InChI is InChI=1S/C58H39N5/c1-4-22-42(23-5-1)58(43-24-6-2-7-25-43,44-26-8-3-9-27-44)45-28-18-20-40(38-45)55-59-56(61-57(60-55)63-53-36-16-12-32-49(53)50-33-13-17-37-54(50)63)41-21-19-29-46(39-41)62-51-34-14-10-30-47(51)48-31-11-15-35-52(48)62/h1-39H. The van der Waals surface area contributed by atoms with Crippen LogP contribution in [0.4, 0.5) is 0 Å². The molecule has 0 unspecified atom stereocenters. The molecule has 0 N–H and O–H groups in total. The fraction of sp³-hybridized carbons (Fsp3) is 0.0172. The minimum absolute atomic E-state index is 0.556. The van der Waals surface area contributed by atoms with Gasteiger partial charge in [-0.2, -0.15) is 9.97 Å². The molecule has 0 saturated heterocycles. The Hall–Kier alpha value is -8.41. The minimum Gasteiger partial charge on any atom is -0.309 e. The summed E-state index contributed by atoms with van der Waals surface area (Å²) < 4.78 is 4.52. The summed E-state index contributed by atoms with van der Waals surface area (Å²) in [5.41, 5.74) is 11.2. The number of hydrogen-bond acceptors (Lipinski definition) is 3. The van der Waals surface area contributed by atoms with Crippen molar-refractivity contribution in [3.63, 3.8) is 0 Å². The predicted octanol–water partition coefficient (Wildman–Crippen LogP) is 13.8. The van der Waals surface area contributed by atoms with Crippen LogP contribution in [0.25, 0.3) is 78.0 Å². The van der Waals surface area contributed by atoms with Crippen molar-refractivity contribution in [3.8, 4) is 34.4 Å². The molecule has 0 fully saturated rings. The molecule has 9 aromatic carbocycles. The van der Waals surface area contributed by atoms with E-state index in [1.165, 1.54) is 27.5 Å². The van der Waals surface area contributed by atoms with Gasteiger partial charge >= 0.3 is 0 Å². The molecule has 63 heavy (non-hydrogen) atoms. The highest BCUT2D eigenvalue weighted by molar-refractivity contribution is 6.10. The van der Waals surface area contributed by atoms with E-state index in [9.17, 15) is 0 Å². The summed E-state index contributed by atoms with van der Waals surface area (Å²) in [5.74, 6) is 1.73. The molecule has 0 bridgehead atoms. The van der Waals surface area contributed by atoms with Gasteiger partial charge in [0.2, 0.25) is 5.95 Å². The smallest absolute Gasteiger partial charge is 0.238 e. The van der Waals surface area contributed by atoms with Crippen molar-refractivity contribution in [1.29, 1.82) is 0 Å². The molecule has 296 valence electrons. The molecule has 0 spiro atoms. The Kier molecular flexibility index (Phi) is 8.64. The molecule has 0 radical (unpaired) electrons. The fourth-order valence-corrected chi connectivity index (χ4v) is 9.80. The number of rotatable bonds is 8. The van der Waals surface area contributed by atoms with Gasteiger partial charge in [-0.05, 0) is 64.7 Å². The first-order valence-corrected chi connectivity index (χ1v) is 21.4. The molecular weight excluding hydrogens is 767 g/mol. The molecule has 0 aliphatic heterocycles. The first-order valence-electron chi connectivity index (χ1n) is 21.4. The molecular formula is C58H39N5. The zero-order chi connectivity index (χ0) is 41.7. The van der Waals surface area contributed by atoms with E-state index in [1.54, 1.807) is 0 Å². The number of hydrogen-bond donors (Lipinski definition) is 0. The van der Waals surface area contributed by atoms with Gasteiger partial charge in [0.25, 0.3) is 0 Å². The highest BCUT2D eigenvalue weighted by Crippen LogP contribution is 2.46. The van der Waals surface area contributed by atoms with E-state index in [4.69, 9.17) is 15.0 Å². The lowest BCUT2D eigenvalue weighted by atomic mass is 9.65. The van der Waals surface area contributed by atoms with Gasteiger partial charge in [0.05, 0.1) is 27.5 Å². The van der Waals surface area contributed by atoms with Crippen LogP contribution in [0.2, 0.25) is 0 Å². The maximum absolute atomic E-state index is 5.40. The highest BCUT2D eigenvalue weighted by atomic mass is 15.2. The van der Waals surface area contributed by atoms with Crippen LogP contribution < -0.4 is 0 Å². The predicted molar refractivity (Wildman–Crippen MR) is 258 cm³/mol. The van der Waals surface area contributed by atoms with Crippen molar-refractivity contribution in [3.05, 3.63) is 259 Å². The SMILES string of the molecule is c1ccc(C(c2ccccc2)(c2ccccc2)c2cccc(-c3nc(-c4cccc(-n5c6ccccc6c6ccccc65)c4)nc(-n4c5ccccc5c5ccccc54)n3)c2)cc1. The Morgan fingerprint density at radius 3 is 1.11 bits per heavy atom. The Balaban J connectivity index is 1.11. The van der Waals surface area contributed by atoms with E-state index >= 15 is 0 Å². The number of nitrogens with zero attached hydrogens (tertiary/aromatic N) is 5. The van der Waals surface area contributed by atoms with Gasteiger partial charge in [0.15, 0.2) is 11.6 Å². The van der Waals surface area contributed by atoms with Crippen LogP contribution in [0.1, 0.15) is 22.3 Å². The van der Waals surface area contributed by atoms with Crippen molar-refractivity contribution in [2.45, 2.75) is 5.41 Å². The summed E-state index contributed by atoms with van der Waals surface area (Å²) in [6.45, 7) is 0. The van der Waals surface area contributed by atoms with Gasteiger partial charge < -0.3 is 4.57 Å². The molecule has 3 aromatic heterocycles. The van der Waals surface area contributed by atoms with E-state index in [1.807, 2.05) is 0 Å². The second-order valence-electron chi connectivity index (χ2n) is 16.0. The summed E-state index contributed by atoms with van der Waals surface area (Å²) in [6, 6.07) is 84.0. The zero-order valence-corrected chi connectivity index (χ0v) is 34.3. The monoisotopic (exact) mass is 805 g/mol. The number of benzene rings is 9. The lowest BCUT2D eigenvalue weighted by Gasteiger charge is -2.37. The molecule has 5 heteroatoms. The van der Waals surface area contributed by atoms with Gasteiger partial charge in [-0.1, -0.05) is 194 Å². The van der Waals surface area contributed by atoms with E-state index in [0.29, 0.717) is 17.6 Å². The van der Waals surface area contributed by atoms with Crippen LogP contribution in [-0.2, 0) is 5.41 Å². The first kappa shape index (κ1) is 36.4. The number of aromatic nitrogens is 5. The Bertz CT molecular complexity index is 3420. The average molecular weight is 806 g/mol. The van der Waals surface area contributed by atoms with E-state index in [2.05, 4.69) is 246 Å². The quantitative estimate of drug-likeness (QED) is 0.144. The summed E-state index contributed by atoms with van der Waals surface area (Å²) in [4.78, 5) is 16.2. The molecule has 5 nitrogen and oxygen atoms in total. The molecule has 0 aliphatic carbocycles. The second kappa shape index (κ2) is 14.9. The molecule has 0 aliphatic rings. The minimum atomic E-state index is -0.637. The van der Waals surface area contributed by atoms with Crippen molar-refractivity contribution in [1.82, 2.24) is 24.1 Å². The molecule has 0 saturated carbocycles. The number of fused-ring (bicyclic) bond motifs is 6. The average Bonchev–Trinajstić information content (AvgIpc) is 3.89. The van der Waals surface area contributed by atoms with Gasteiger partial charge in [0, 0.05) is 38.4 Å². The Morgan fingerprint density at radius 2 is 0.651 bits per heavy atom. The summed E-state index contributed by atoms with van der Waals surface area (Å²) in [5, 5.41) is 4.72. The molecule has 0 amide bonds. The van der Waals surface area contributed by atoms with Gasteiger partial charge in [-0.25, -0.2) is 4.98 Å². The summed E-state index contributed by atoms with van der Waals surface area (Å²) in [7, 11) is 0. The molecule has 12 rings (SSSR count). The Morgan fingerprint density at radius 1 is 0.286 bits per heavy atom. The first-order chi connectivity index (χ1) is 31.3. The Labute approximate surface area is 364 Å². The topological polar surface area (TPSA) is 48.5 Å². The summed E-state index contributed by atoms with van der Waals surface area (Å²) >= 11 is 0. The van der Waals surface area contributed by atoms with Crippen molar-refractivity contribution >= 4 is 43.6 Å². The highest BCUT2D eigenvalue weighted by Gasteiger charge is 2.38. The maximum atomic E-state index is 5.40. The normalized spacial score (nSPS) is 11.8. The van der Waals surface area contributed by atoms with Crippen LogP contribution in [0.15, 0.2) is 237 Å². The third-order valence-electron chi connectivity index (χ3n) is 12.5. The molecule has 12 aromatic rings. The lowest BCUT2D eigenvalue weighted by Crippen LogP contribution is -2.31. The van der Waals surface area contributed by atoms with Crippen molar-refractivity contribution < 1.29 is 0 Å². The van der Waals surface area contributed by atoms with Gasteiger partial charge in [-0.15, -0.1) is 0 Å². The van der Waals surface area contributed by atoms with Crippen LogP contribution in [0.5, 0.6) is 0 Å². The van der Waals surface area contributed by atoms with E-state index in [0.717, 1.165) is 55.2 Å². The molecule has 0 atom stereocenters. The third kappa shape index (κ3) is 5.89. The second-order valence-corrected chi connectivity index (χ2v) is 16.0. The van der Waals surface area contributed by atoms with Crippen LogP contribution in [0.3, 0.4) is 0 Å². The van der Waals surface area contributed by atoms with E-state index < -0.39 is 5.41 Å². The fourth-order valence-electron chi connectivity index (χ4n) is 9.80. The van der Waals surface area contributed by atoms with Gasteiger partial charge in [-0.3, -0.25) is 4.57 Å². The zero-order valence-electron chi connectivity index (χ0n) is 34.3. The van der Waals surface area contributed by atoms with Crippen LogP contribution in [-0.4, -0.2) is 24.1 Å². The molecule has 3 heterocycles.